The van der Waals surface area contributed by atoms with E-state index in [1.165, 1.54) is 0 Å². The fourth-order valence-corrected chi connectivity index (χ4v) is 1.83. The summed E-state index contributed by atoms with van der Waals surface area (Å²) in [5.41, 5.74) is 5.82. The van der Waals surface area contributed by atoms with Crippen molar-refractivity contribution in [1.82, 2.24) is 5.32 Å². The molecule has 1 rings (SSSR count). The first-order valence-corrected chi connectivity index (χ1v) is 7.84. The van der Waals surface area contributed by atoms with Crippen LogP contribution in [0, 0.1) is 0 Å². The molecule has 1 aromatic carbocycles. The number of aliphatic carboxylic acids is 1. The first-order chi connectivity index (χ1) is 11.2. The molecule has 0 aromatic heterocycles. The molecule has 0 spiro atoms. The average molecular weight is 338 g/mol. The lowest BCUT2D eigenvalue weighted by molar-refractivity contribution is -0.138. The number of hydrogen-bond acceptors (Lipinski definition) is 5. The fraction of sp³-hybridized carbons (Fsp3) is 0.529. The summed E-state index contributed by atoms with van der Waals surface area (Å²) in [6, 6.07) is 6.21. The van der Waals surface area contributed by atoms with Gasteiger partial charge in [-0.3, -0.25) is 4.79 Å². The Bertz CT molecular complexity index is 537. The minimum atomic E-state index is -1.02. The second-order valence-electron chi connectivity index (χ2n) is 6.42. The Balaban J connectivity index is 2.24. The summed E-state index contributed by atoms with van der Waals surface area (Å²) in [5, 5.41) is 11.4. The molecule has 0 aliphatic carbocycles. The van der Waals surface area contributed by atoms with Crippen LogP contribution in [0.25, 0.3) is 0 Å². The standard InChI is InChI=1S/C17H26N2O5/c1-17(2,3)24-16(22)19-9-4-10-23-13-7-5-12(6-8-13)11-14(18)15(20)21/h5-8,14H,4,9-11,18H2,1-3H3,(H,19,22)(H,20,21). The van der Waals surface area contributed by atoms with Gasteiger partial charge < -0.3 is 25.6 Å². The Kier molecular flexibility index (Phi) is 7.51. The number of nitrogens with two attached hydrogens (primary N) is 1. The first kappa shape index (κ1) is 19.8. The van der Waals surface area contributed by atoms with E-state index in [0.717, 1.165) is 5.56 Å². The highest BCUT2D eigenvalue weighted by Gasteiger charge is 2.15. The Morgan fingerprint density at radius 1 is 1.25 bits per heavy atom. The van der Waals surface area contributed by atoms with Gasteiger partial charge in [0.15, 0.2) is 0 Å². The van der Waals surface area contributed by atoms with Crippen molar-refractivity contribution in [3.05, 3.63) is 29.8 Å². The number of benzene rings is 1. The van der Waals surface area contributed by atoms with Crippen LogP contribution in [-0.2, 0) is 16.0 Å². The van der Waals surface area contributed by atoms with Gasteiger partial charge in [-0.1, -0.05) is 12.1 Å². The fourth-order valence-electron chi connectivity index (χ4n) is 1.83. The van der Waals surface area contributed by atoms with E-state index in [4.69, 9.17) is 20.3 Å². The number of carbonyl (C=O) groups is 2. The van der Waals surface area contributed by atoms with E-state index < -0.39 is 23.7 Å². The molecule has 7 nitrogen and oxygen atoms in total. The summed E-state index contributed by atoms with van der Waals surface area (Å²) in [4.78, 5) is 22.1. The highest BCUT2D eigenvalue weighted by molar-refractivity contribution is 5.73. The Labute approximate surface area is 142 Å². The summed E-state index contributed by atoms with van der Waals surface area (Å²) in [7, 11) is 0. The molecule has 0 heterocycles. The molecule has 0 radical (unpaired) electrons. The zero-order valence-corrected chi connectivity index (χ0v) is 14.4. The number of alkyl carbamates (subject to hydrolysis) is 1. The van der Waals surface area contributed by atoms with Crippen molar-refractivity contribution in [3.8, 4) is 5.75 Å². The van der Waals surface area contributed by atoms with Gasteiger partial charge in [-0.15, -0.1) is 0 Å². The second kappa shape index (κ2) is 9.12. The van der Waals surface area contributed by atoms with Gasteiger partial charge in [0, 0.05) is 6.54 Å². The normalized spacial score (nSPS) is 12.3. The summed E-state index contributed by atoms with van der Waals surface area (Å²) in [5.74, 6) is -0.340. The highest BCUT2D eigenvalue weighted by atomic mass is 16.6. The van der Waals surface area contributed by atoms with E-state index in [9.17, 15) is 9.59 Å². The monoisotopic (exact) mass is 338 g/mol. The van der Waals surface area contributed by atoms with Crippen LogP contribution in [0.3, 0.4) is 0 Å². The maximum atomic E-state index is 11.4. The summed E-state index contributed by atoms with van der Waals surface area (Å²) in [6.07, 6.45) is 0.474. The van der Waals surface area contributed by atoms with Crippen molar-refractivity contribution >= 4 is 12.1 Å². The second-order valence-corrected chi connectivity index (χ2v) is 6.42. The molecule has 0 fully saturated rings. The molecule has 4 N–H and O–H groups in total. The highest BCUT2D eigenvalue weighted by Crippen LogP contribution is 2.13. The molecule has 1 unspecified atom stereocenters. The molecule has 1 atom stereocenters. The van der Waals surface area contributed by atoms with E-state index in [1.54, 1.807) is 24.3 Å². The summed E-state index contributed by atoms with van der Waals surface area (Å²) < 4.78 is 10.7. The lowest BCUT2D eigenvalue weighted by atomic mass is 10.1. The number of amides is 1. The third-order valence-corrected chi connectivity index (χ3v) is 2.95. The molecule has 7 heteroatoms. The lowest BCUT2D eigenvalue weighted by Crippen LogP contribution is -2.33. The van der Waals surface area contributed by atoms with Crippen LogP contribution in [0.1, 0.15) is 32.8 Å². The maximum Gasteiger partial charge on any atom is 0.407 e. The zero-order chi connectivity index (χ0) is 18.2. The molecule has 0 aliphatic rings. The van der Waals surface area contributed by atoms with Crippen LogP contribution in [0.5, 0.6) is 5.75 Å². The molecule has 0 saturated heterocycles. The van der Waals surface area contributed by atoms with Gasteiger partial charge in [-0.05, 0) is 51.3 Å². The quantitative estimate of drug-likeness (QED) is 0.625. The van der Waals surface area contributed by atoms with Gasteiger partial charge in [-0.2, -0.15) is 0 Å². The number of carboxylic acids is 1. The van der Waals surface area contributed by atoms with E-state index in [2.05, 4.69) is 5.32 Å². The minimum absolute atomic E-state index is 0.273. The maximum absolute atomic E-state index is 11.4. The van der Waals surface area contributed by atoms with Gasteiger partial charge in [0.05, 0.1) is 6.61 Å². The van der Waals surface area contributed by atoms with Crippen LogP contribution in [-0.4, -0.2) is 42.0 Å². The molecule has 0 saturated carbocycles. The Morgan fingerprint density at radius 3 is 2.42 bits per heavy atom. The molecule has 134 valence electrons. The number of carbonyl (C=O) groups excluding carboxylic acids is 1. The van der Waals surface area contributed by atoms with Crippen molar-refractivity contribution in [2.75, 3.05) is 13.2 Å². The van der Waals surface area contributed by atoms with Crippen molar-refractivity contribution in [3.63, 3.8) is 0 Å². The van der Waals surface area contributed by atoms with Crippen molar-refractivity contribution in [2.45, 2.75) is 45.3 Å². The van der Waals surface area contributed by atoms with Crippen LogP contribution in [0.2, 0.25) is 0 Å². The van der Waals surface area contributed by atoms with Gasteiger partial charge in [0.25, 0.3) is 0 Å². The summed E-state index contributed by atoms with van der Waals surface area (Å²) in [6.45, 7) is 6.33. The van der Waals surface area contributed by atoms with Gasteiger partial charge in [0.2, 0.25) is 0 Å². The van der Waals surface area contributed by atoms with E-state index in [1.807, 2.05) is 20.8 Å². The predicted molar refractivity (Wildman–Crippen MR) is 90.1 cm³/mol. The third-order valence-electron chi connectivity index (χ3n) is 2.95. The third kappa shape index (κ3) is 8.38. The molecular formula is C17H26N2O5. The van der Waals surface area contributed by atoms with Crippen LogP contribution in [0.4, 0.5) is 4.79 Å². The Morgan fingerprint density at radius 2 is 1.88 bits per heavy atom. The Hall–Kier alpha value is -2.28. The van der Waals surface area contributed by atoms with Crippen LogP contribution in [0.15, 0.2) is 24.3 Å². The molecule has 1 aromatic rings. The van der Waals surface area contributed by atoms with Gasteiger partial charge in [-0.25, -0.2) is 4.79 Å². The van der Waals surface area contributed by atoms with E-state index in [-0.39, 0.29) is 6.42 Å². The molecule has 1 amide bonds. The molecule has 0 aliphatic heterocycles. The number of ether oxygens (including phenoxy) is 2. The molecular weight excluding hydrogens is 312 g/mol. The number of rotatable bonds is 8. The van der Waals surface area contributed by atoms with Crippen molar-refractivity contribution < 1.29 is 24.2 Å². The van der Waals surface area contributed by atoms with Crippen LogP contribution >= 0.6 is 0 Å². The lowest BCUT2D eigenvalue weighted by Gasteiger charge is -2.19. The topological polar surface area (TPSA) is 111 Å². The molecule has 0 bridgehead atoms. The molecule has 24 heavy (non-hydrogen) atoms. The van der Waals surface area contributed by atoms with Gasteiger partial charge in [0.1, 0.15) is 17.4 Å². The zero-order valence-electron chi connectivity index (χ0n) is 14.4. The largest absolute Gasteiger partial charge is 0.494 e. The smallest absolute Gasteiger partial charge is 0.407 e. The predicted octanol–water partition coefficient (Wildman–Crippen LogP) is 1.93. The van der Waals surface area contributed by atoms with E-state index in [0.29, 0.717) is 25.3 Å². The number of hydrogen-bond donors (Lipinski definition) is 3. The van der Waals surface area contributed by atoms with Crippen molar-refractivity contribution in [1.29, 1.82) is 0 Å². The minimum Gasteiger partial charge on any atom is -0.494 e. The van der Waals surface area contributed by atoms with Crippen LogP contribution < -0.4 is 15.8 Å². The number of carboxylic acid groups (broad SMARTS) is 1. The van der Waals surface area contributed by atoms with Crippen molar-refractivity contribution in [2.24, 2.45) is 5.73 Å². The van der Waals surface area contributed by atoms with Gasteiger partial charge >= 0.3 is 12.1 Å². The van der Waals surface area contributed by atoms with E-state index >= 15 is 0 Å². The average Bonchev–Trinajstić information content (AvgIpc) is 2.46. The SMILES string of the molecule is CC(C)(C)OC(=O)NCCCOc1ccc(CC(N)C(=O)O)cc1. The summed E-state index contributed by atoms with van der Waals surface area (Å²) >= 11 is 0. The first-order valence-electron chi connectivity index (χ1n) is 7.84. The number of nitrogens with one attached hydrogen (secondary N) is 1.